The third kappa shape index (κ3) is 15.5. The number of halogens is 2. The van der Waals surface area contributed by atoms with Crippen LogP contribution < -0.4 is 36.0 Å². The Morgan fingerprint density at radius 3 is 2.18 bits per heavy atom. The summed E-state index contributed by atoms with van der Waals surface area (Å²) < 4.78 is 64.5. The van der Waals surface area contributed by atoms with Gasteiger partial charge in [0.2, 0.25) is 34.0 Å². The van der Waals surface area contributed by atoms with Crippen molar-refractivity contribution in [1.29, 1.82) is 0 Å². The number of hydrogen-bond acceptors (Lipinski definition) is 12. The second-order valence-corrected chi connectivity index (χ2v) is 18.3. The topological polar surface area (TPSA) is 261 Å². The second kappa shape index (κ2) is 24.9. The summed E-state index contributed by atoms with van der Waals surface area (Å²) in [5.74, 6) is -7.72. The van der Waals surface area contributed by atoms with Crippen LogP contribution in [0.5, 0.6) is 11.5 Å². The molecule has 5 amide bonds. The van der Waals surface area contributed by atoms with Gasteiger partial charge in [0.05, 0.1) is 17.6 Å². The van der Waals surface area contributed by atoms with E-state index in [0.717, 1.165) is 25.5 Å². The number of para-hydroxylation sites is 1. The molecule has 1 fully saturated rings. The Labute approximate surface area is 382 Å². The Kier molecular flexibility index (Phi) is 19.8. The lowest BCUT2D eigenvalue weighted by atomic mass is 9.84. The lowest BCUT2D eigenvalue weighted by Crippen LogP contribution is -2.71. The van der Waals surface area contributed by atoms with Gasteiger partial charge < -0.3 is 36.1 Å². The lowest BCUT2D eigenvalue weighted by Gasteiger charge is -2.37. The zero-order chi connectivity index (χ0) is 48.4. The number of aromatic nitrogens is 2. The molecule has 66 heavy (non-hydrogen) atoms. The van der Waals surface area contributed by atoms with E-state index in [-0.39, 0.29) is 47.8 Å². The Balaban J connectivity index is 1.73. The molecule has 0 radical (unpaired) electrons. The summed E-state index contributed by atoms with van der Waals surface area (Å²) in [6, 6.07) is 9.00. The van der Waals surface area contributed by atoms with E-state index in [4.69, 9.17) is 4.74 Å². The van der Waals surface area contributed by atoms with E-state index in [0.29, 0.717) is 18.6 Å². The highest BCUT2D eigenvalue weighted by Crippen LogP contribution is 2.29. The van der Waals surface area contributed by atoms with Crippen LogP contribution in [0.25, 0.3) is 0 Å². The zero-order valence-corrected chi connectivity index (χ0v) is 38.1. The fraction of sp³-hybridized carbons (Fsp3) is 0.489. The quantitative estimate of drug-likeness (QED) is 0.0404. The Morgan fingerprint density at radius 1 is 0.879 bits per heavy atom. The van der Waals surface area contributed by atoms with Crippen LogP contribution in [0.2, 0.25) is 0 Å². The Bertz CT molecular complexity index is 2250. The van der Waals surface area contributed by atoms with Crippen molar-refractivity contribution >= 4 is 51.6 Å². The molecule has 0 bridgehead atoms. The highest BCUT2D eigenvalue weighted by atomic mass is 32.2. The van der Waals surface area contributed by atoms with E-state index in [9.17, 15) is 50.8 Å². The van der Waals surface area contributed by atoms with Crippen molar-refractivity contribution in [3.05, 3.63) is 78.9 Å². The van der Waals surface area contributed by atoms with Crippen LogP contribution in [-0.2, 0) is 38.8 Å². The highest BCUT2D eigenvalue weighted by Gasteiger charge is 2.47. The Morgan fingerprint density at radius 2 is 1.56 bits per heavy atom. The number of nitrogens with zero attached hydrogens (tertiary/aromatic N) is 2. The first-order valence-electron chi connectivity index (χ1n) is 21.8. The first kappa shape index (κ1) is 52.4. The molecule has 0 spiro atoms. The maximum absolute atomic E-state index is 15.0. The maximum Gasteiger partial charge on any atom is 0.289 e. The minimum Gasteiger partial charge on any atom is -0.457 e. The van der Waals surface area contributed by atoms with Crippen molar-refractivity contribution in [3.63, 3.8) is 0 Å². The standard InChI is InChI=1S/C45H58F2N8O10S/c1-5-29(4)38(42(60)52-35(23-30-13-8-6-9-14-30)40(58)51-34(25-37(46)47)39(57)43(61)50-21-22-56)53-44(62)45(26-28(2)3,54-41(59)36-27-48-19-20-49-36)55-66(63,64)33-18-12-17-32(24-33)65-31-15-10-7-11-16-31/h7,10-12,15-20,22,24,27-30,34-35,37-38,55H,5-6,8-9,13-14,21,23,25-26H2,1-4H3,(H,50,61)(H,51,58)(H,52,60)(H,53,62)(H,54,59). The van der Waals surface area contributed by atoms with Crippen LogP contribution in [0.3, 0.4) is 0 Å². The van der Waals surface area contributed by atoms with Crippen LogP contribution in [0.15, 0.2) is 78.1 Å². The normalized spacial score (nSPS) is 15.8. The molecule has 5 unspecified atom stereocenters. The van der Waals surface area contributed by atoms with Gasteiger partial charge in [-0.15, -0.1) is 0 Å². The number of benzene rings is 2. The van der Waals surface area contributed by atoms with Crippen molar-refractivity contribution < 1.29 is 55.5 Å². The molecule has 1 aliphatic carbocycles. The summed E-state index contributed by atoms with van der Waals surface area (Å²) in [6.07, 6.45) is 3.33. The van der Waals surface area contributed by atoms with Gasteiger partial charge in [0.15, 0.2) is 5.66 Å². The number of rotatable bonds is 25. The molecule has 21 heteroatoms. The maximum atomic E-state index is 15.0. The van der Waals surface area contributed by atoms with Crippen LogP contribution in [-0.4, -0.2) is 96.7 Å². The van der Waals surface area contributed by atoms with Crippen molar-refractivity contribution in [2.45, 2.75) is 121 Å². The number of nitrogens with one attached hydrogen (secondary N) is 6. The van der Waals surface area contributed by atoms with Crippen LogP contribution >= 0.6 is 0 Å². The number of ether oxygens (including phenoxy) is 1. The van der Waals surface area contributed by atoms with Gasteiger partial charge in [-0.1, -0.05) is 90.5 Å². The van der Waals surface area contributed by atoms with Crippen LogP contribution in [0.4, 0.5) is 8.78 Å². The lowest BCUT2D eigenvalue weighted by molar-refractivity contribution is -0.141. The molecule has 1 aliphatic rings. The fourth-order valence-electron chi connectivity index (χ4n) is 7.50. The van der Waals surface area contributed by atoms with E-state index in [1.54, 1.807) is 58.0 Å². The van der Waals surface area contributed by atoms with E-state index in [2.05, 4.69) is 36.0 Å². The molecule has 18 nitrogen and oxygen atoms in total. The molecular weight excluding hydrogens is 883 g/mol. The summed E-state index contributed by atoms with van der Waals surface area (Å²) in [5.41, 5.74) is -2.79. The SMILES string of the molecule is CCC(C)C(NC(=O)C(CC(C)C)(NC(=O)c1cnccn1)NS(=O)(=O)c1cccc(Oc2ccccc2)c1)C(=O)NC(CC1CCCCC1)C(=O)NC(CC(F)F)C(=O)C(=O)NCC=O. The van der Waals surface area contributed by atoms with Crippen molar-refractivity contribution in [1.82, 2.24) is 41.3 Å². The summed E-state index contributed by atoms with van der Waals surface area (Å²) >= 11 is 0. The molecule has 0 aliphatic heterocycles. The molecule has 0 saturated heterocycles. The van der Waals surface area contributed by atoms with Gasteiger partial charge in [-0.25, -0.2) is 22.2 Å². The largest absolute Gasteiger partial charge is 0.457 e. The number of hydrogen-bond donors (Lipinski definition) is 6. The van der Waals surface area contributed by atoms with Crippen LogP contribution in [0, 0.1) is 17.8 Å². The van der Waals surface area contributed by atoms with Gasteiger partial charge >= 0.3 is 0 Å². The molecule has 2 aromatic carbocycles. The fourth-order valence-corrected chi connectivity index (χ4v) is 8.83. The average Bonchev–Trinajstić information content (AvgIpc) is 3.29. The minimum atomic E-state index is -4.74. The molecule has 3 aromatic rings. The second-order valence-electron chi connectivity index (χ2n) is 16.6. The minimum absolute atomic E-state index is 0.00395. The Hall–Kier alpha value is -6.22. The smallest absolute Gasteiger partial charge is 0.289 e. The average molecular weight is 941 g/mol. The monoisotopic (exact) mass is 940 g/mol. The molecule has 1 saturated carbocycles. The number of alkyl halides is 2. The van der Waals surface area contributed by atoms with Gasteiger partial charge in [-0.05, 0) is 54.9 Å². The third-order valence-electron chi connectivity index (χ3n) is 11.0. The molecular formula is C45H58F2N8O10S. The molecule has 6 N–H and O–H groups in total. The van der Waals surface area contributed by atoms with Crippen molar-refractivity contribution in [2.75, 3.05) is 6.54 Å². The number of aldehydes is 1. The number of sulfonamides is 1. The first-order valence-corrected chi connectivity index (χ1v) is 23.3. The van der Waals surface area contributed by atoms with Gasteiger partial charge in [0, 0.05) is 24.9 Å². The summed E-state index contributed by atoms with van der Waals surface area (Å²) in [4.78, 5) is 101. The number of ketones is 1. The number of amides is 5. The number of carbonyl (C=O) groups is 7. The summed E-state index contributed by atoms with van der Waals surface area (Å²) in [7, 11) is -4.74. The van der Waals surface area contributed by atoms with E-state index >= 15 is 0 Å². The van der Waals surface area contributed by atoms with E-state index < -0.39 is 100 Å². The number of carbonyl (C=O) groups excluding carboxylic acids is 7. The molecule has 358 valence electrons. The summed E-state index contributed by atoms with van der Waals surface area (Å²) in [6.45, 7) is 6.09. The molecule has 1 heterocycles. The van der Waals surface area contributed by atoms with Gasteiger partial charge in [0.1, 0.15) is 41.6 Å². The summed E-state index contributed by atoms with van der Waals surface area (Å²) in [5, 5.41) is 12.0. The van der Waals surface area contributed by atoms with Gasteiger partial charge in [-0.3, -0.25) is 33.8 Å². The van der Waals surface area contributed by atoms with Crippen molar-refractivity contribution in [2.24, 2.45) is 17.8 Å². The first-order chi connectivity index (χ1) is 31.4. The predicted octanol–water partition coefficient (Wildman–Crippen LogP) is 3.73. The predicted molar refractivity (Wildman–Crippen MR) is 236 cm³/mol. The van der Waals surface area contributed by atoms with Crippen LogP contribution in [0.1, 0.15) is 96.0 Å². The number of Topliss-reactive ketones (excluding diaryl/α,β-unsaturated/α-hetero) is 1. The van der Waals surface area contributed by atoms with E-state index in [1.807, 2.05) is 5.32 Å². The molecule has 4 rings (SSSR count). The van der Waals surface area contributed by atoms with E-state index in [1.165, 1.54) is 36.7 Å². The zero-order valence-electron chi connectivity index (χ0n) is 37.3. The third-order valence-corrected chi connectivity index (χ3v) is 12.4. The highest BCUT2D eigenvalue weighted by molar-refractivity contribution is 7.89. The van der Waals surface area contributed by atoms with Gasteiger partial charge in [0.25, 0.3) is 17.7 Å². The molecule has 5 atom stereocenters. The van der Waals surface area contributed by atoms with Gasteiger partial charge in [-0.2, -0.15) is 4.72 Å². The van der Waals surface area contributed by atoms with Crippen molar-refractivity contribution in [3.8, 4) is 11.5 Å². The molecule has 1 aromatic heterocycles.